The molecule has 0 aliphatic carbocycles. The van der Waals surface area contributed by atoms with Crippen LogP contribution in [0.4, 0.5) is 0 Å². The number of allylic oxidation sites excluding steroid dienone is 1. The SMILES string of the molecule is CCCCCCCCCCCCc1ccc(C(=O)/C(C)=C\C(=O)O)cc1. The minimum absolute atomic E-state index is 0.224. The maximum atomic E-state index is 12.1. The van der Waals surface area contributed by atoms with Crippen LogP contribution in [0.1, 0.15) is 94.0 Å². The molecule has 1 aromatic rings. The first kappa shape index (κ1) is 22.1. The Bertz CT molecular complexity index is 570. The van der Waals surface area contributed by atoms with Crippen molar-refractivity contribution in [2.75, 3.05) is 0 Å². The minimum atomic E-state index is -1.09. The standard InChI is InChI=1S/C23H34O3/c1-3-4-5-6-7-8-9-10-11-12-13-20-14-16-21(17-15-20)23(26)19(2)18-22(24)25/h14-18H,3-13H2,1-2H3,(H,24,25)/b19-18-. The van der Waals surface area contributed by atoms with Crippen molar-refractivity contribution in [2.24, 2.45) is 0 Å². The molecule has 0 spiro atoms. The van der Waals surface area contributed by atoms with Crippen LogP contribution in [0.3, 0.4) is 0 Å². The fourth-order valence-corrected chi connectivity index (χ4v) is 3.12. The summed E-state index contributed by atoms with van der Waals surface area (Å²) in [5.74, 6) is -1.31. The van der Waals surface area contributed by atoms with E-state index in [1.165, 1.54) is 76.7 Å². The average Bonchev–Trinajstić information content (AvgIpc) is 2.62. The second kappa shape index (κ2) is 13.3. The van der Waals surface area contributed by atoms with Gasteiger partial charge in [0.25, 0.3) is 0 Å². The monoisotopic (exact) mass is 358 g/mol. The fourth-order valence-electron chi connectivity index (χ4n) is 3.12. The van der Waals surface area contributed by atoms with Crippen LogP contribution in [0.15, 0.2) is 35.9 Å². The number of aryl methyl sites for hydroxylation is 1. The smallest absolute Gasteiger partial charge is 0.328 e. The van der Waals surface area contributed by atoms with Crippen LogP contribution in [0.2, 0.25) is 0 Å². The number of aliphatic carboxylic acids is 1. The molecule has 1 N–H and O–H groups in total. The highest BCUT2D eigenvalue weighted by molar-refractivity contribution is 6.10. The Morgan fingerprint density at radius 3 is 1.85 bits per heavy atom. The second-order valence-electron chi connectivity index (χ2n) is 7.12. The summed E-state index contributed by atoms with van der Waals surface area (Å²) in [7, 11) is 0. The number of unbranched alkanes of at least 4 members (excludes halogenated alkanes) is 9. The summed E-state index contributed by atoms with van der Waals surface area (Å²) in [5, 5.41) is 8.72. The van der Waals surface area contributed by atoms with Crippen LogP contribution < -0.4 is 0 Å². The van der Waals surface area contributed by atoms with E-state index in [-0.39, 0.29) is 11.4 Å². The van der Waals surface area contributed by atoms with Crippen molar-refractivity contribution in [3.63, 3.8) is 0 Å². The molecule has 0 heterocycles. The molecule has 0 aliphatic heterocycles. The molecule has 3 nitrogen and oxygen atoms in total. The number of hydrogen-bond acceptors (Lipinski definition) is 2. The van der Waals surface area contributed by atoms with Crippen molar-refractivity contribution in [3.8, 4) is 0 Å². The molecule has 0 radical (unpaired) electrons. The summed E-state index contributed by atoms with van der Waals surface area (Å²) in [6, 6.07) is 7.56. The molecule has 0 saturated carbocycles. The fraction of sp³-hybridized carbons (Fsp3) is 0.565. The van der Waals surface area contributed by atoms with Crippen LogP contribution >= 0.6 is 0 Å². The molecule has 1 aromatic carbocycles. The highest BCUT2D eigenvalue weighted by atomic mass is 16.4. The van der Waals surface area contributed by atoms with Gasteiger partial charge in [-0.1, -0.05) is 89.0 Å². The van der Waals surface area contributed by atoms with E-state index in [1.54, 1.807) is 12.1 Å². The van der Waals surface area contributed by atoms with Gasteiger partial charge < -0.3 is 5.11 Å². The van der Waals surface area contributed by atoms with Crippen molar-refractivity contribution < 1.29 is 14.7 Å². The van der Waals surface area contributed by atoms with E-state index in [2.05, 4.69) is 6.92 Å². The van der Waals surface area contributed by atoms with Gasteiger partial charge in [-0.05, 0) is 25.3 Å². The number of hydrogen-bond donors (Lipinski definition) is 1. The van der Waals surface area contributed by atoms with Crippen LogP contribution in [0.5, 0.6) is 0 Å². The van der Waals surface area contributed by atoms with Gasteiger partial charge in [-0.2, -0.15) is 0 Å². The molecule has 26 heavy (non-hydrogen) atoms. The summed E-state index contributed by atoms with van der Waals surface area (Å²) >= 11 is 0. The van der Waals surface area contributed by atoms with Gasteiger partial charge >= 0.3 is 5.97 Å². The summed E-state index contributed by atoms with van der Waals surface area (Å²) in [6.07, 6.45) is 15.3. The Morgan fingerprint density at radius 2 is 1.35 bits per heavy atom. The van der Waals surface area contributed by atoms with E-state index in [0.29, 0.717) is 5.56 Å². The van der Waals surface area contributed by atoms with Gasteiger partial charge in [0.15, 0.2) is 5.78 Å². The molecule has 0 unspecified atom stereocenters. The van der Waals surface area contributed by atoms with Crippen molar-refractivity contribution in [2.45, 2.75) is 84.5 Å². The van der Waals surface area contributed by atoms with Crippen LogP contribution in [0.25, 0.3) is 0 Å². The van der Waals surface area contributed by atoms with E-state index >= 15 is 0 Å². The number of ketones is 1. The van der Waals surface area contributed by atoms with E-state index in [0.717, 1.165) is 12.5 Å². The highest BCUT2D eigenvalue weighted by Crippen LogP contribution is 2.14. The molecule has 0 aromatic heterocycles. The lowest BCUT2D eigenvalue weighted by molar-refractivity contribution is -0.131. The molecule has 3 heteroatoms. The summed E-state index contributed by atoms with van der Waals surface area (Å²) in [6.45, 7) is 3.79. The number of rotatable bonds is 14. The summed E-state index contributed by atoms with van der Waals surface area (Å²) in [4.78, 5) is 22.7. The third-order valence-corrected chi connectivity index (χ3v) is 4.73. The Morgan fingerprint density at radius 1 is 0.846 bits per heavy atom. The van der Waals surface area contributed by atoms with Crippen LogP contribution in [-0.2, 0) is 11.2 Å². The maximum Gasteiger partial charge on any atom is 0.328 e. The first-order valence-corrected chi connectivity index (χ1v) is 10.1. The molecule has 0 amide bonds. The number of carboxylic acid groups (broad SMARTS) is 1. The number of Topliss-reactive ketones (excluding diaryl/α,β-unsaturated/α-hetero) is 1. The van der Waals surface area contributed by atoms with Crippen molar-refractivity contribution in [3.05, 3.63) is 47.0 Å². The second-order valence-corrected chi connectivity index (χ2v) is 7.12. The van der Waals surface area contributed by atoms with Gasteiger partial charge in [-0.3, -0.25) is 4.79 Å². The topological polar surface area (TPSA) is 54.4 Å². The Hall–Kier alpha value is -1.90. The molecule has 0 saturated heterocycles. The number of benzene rings is 1. The quantitative estimate of drug-likeness (QED) is 0.239. The molecule has 0 bridgehead atoms. The van der Waals surface area contributed by atoms with E-state index in [9.17, 15) is 9.59 Å². The Balaban J connectivity index is 2.21. The lowest BCUT2D eigenvalue weighted by Crippen LogP contribution is -2.03. The summed E-state index contributed by atoms with van der Waals surface area (Å²) < 4.78 is 0. The van der Waals surface area contributed by atoms with E-state index < -0.39 is 5.97 Å². The Kier molecular flexibility index (Phi) is 11.3. The largest absolute Gasteiger partial charge is 0.478 e. The predicted octanol–water partition coefficient (Wildman–Crippen LogP) is 6.36. The number of carbonyl (C=O) groups is 2. The predicted molar refractivity (Wildman–Crippen MR) is 108 cm³/mol. The molecule has 1 rings (SSSR count). The Labute approximate surface area is 158 Å². The molecule has 0 aliphatic rings. The molecule has 0 fully saturated rings. The number of carbonyl (C=O) groups excluding carboxylic acids is 1. The molecular formula is C23H34O3. The molecule has 0 atom stereocenters. The van der Waals surface area contributed by atoms with Gasteiger partial charge in [0.1, 0.15) is 0 Å². The zero-order valence-corrected chi connectivity index (χ0v) is 16.4. The molecular weight excluding hydrogens is 324 g/mol. The minimum Gasteiger partial charge on any atom is -0.478 e. The van der Waals surface area contributed by atoms with Gasteiger partial charge in [-0.25, -0.2) is 4.79 Å². The number of carboxylic acids is 1. The van der Waals surface area contributed by atoms with Gasteiger partial charge in [0.2, 0.25) is 0 Å². The molecule has 144 valence electrons. The normalized spacial score (nSPS) is 11.5. The lowest BCUT2D eigenvalue weighted by atomic mass is 10.00. The third kappa shape index (κ3) is 9.55. The average molecular weight is 359 g/mol. The van der Waals surface area contributed by atoms with Gasteiger partial charge in [0, 0.05) is 17.2 Å². The van der Waals surface area contributed by atoms with Crippen LogP contribution in [-0.4, -0.2) is 16.9 Å². The summed E-state index contributed by atoms with van der Waals surface area (Å²) in [5.41, 5.74) is 2.03. The van der Waals surface area contributed by atoms with Crippen molar-refractivity contribution in [1.29, 1.82) is 0 Å². The first-order valence-electron chi connectivity index (χ1n) is 10.1. The van der Waals surface area contributed by atoms with Crippen molar-refractivity contribution >= 4 is 11.8 Å². The van der Waals surface area contributed by atoms with E-state index in [4.69, 9.17) is 5.11 Å². The highest BCUT2D eigenvalue weighted by Gasteiger charge is 2.09. The van der Waals surface area contributed by atoms with Crippen molar-refractivity contribution in [1.82, 2.24) is 0 Å². The third-order valence-electron chi connectivity index (χ3n) is 4.73. The van der Waals surface area contributed by atoms with Gasteiger partial charge in [0.05, 0.1) is 0 Å². The first-order chi connectivity index (χ1) is 12.5. The lowest BCUT2D eigenvalue weighted by Gasteiger charge is -2.05. The maximum absolute atomic E-state index is 12.1. The zero-order chi connectivity index (χ0) is 19.2. The zero-order valence-electron chi connectivity index (χ0n) is 16.4. The van der Waals surface area contributed by atoms with Crippen LogP contribution in [0, 0.1) is 0 Å². The van der Waals surface area contributed by atoms with E-state index in [1.807, 2.05) is 12.1 Å². The van der Waals surface area contributed by atoms with Gasteiger partial charge in [-0.15, -0.1) is 0 Å².